The lowest BCUT2D eigenvalue weighted by Crippen LogP contribution is -2.23. The standard InChI is InChI=1S/C9H14ClN3S2/c1-4-11-9(14-3)13(2)6-7-5-12-8(10)15-7/h5H,4,6H2,1-3H3. The van der Waals surface area contributed by atoms with Gasteiger partial charge in [0, 0.05) is 24.7 Å². The van der Waals surface area contributed by atoms with Crippen molar-refractivity contribution in [2.45, 2.75) is 13.5 Å². The highest BCUT2D eigenvalue weighted by molar-refractivity contribution is 8.13. The molecule has 0 spiro atoms. The molecule has 0 unspecified atom stereocenters. The van der Waals surface area contributed by atoms with Crippen LogP contribution in [-0.2, 0) is 6.54 Å². The average molecular weight is 264 g/mol. The Labute approximate surface area is 104 Å². The summed E-state index contributed by atoms with van der Waals surface area (Å²) in [5.74, 6) is 0. The van der Waals surface area contributed by atoms with Gasteiger partial charge in [-0.25, -0.2) is 4.98 Å². The maximum absolute atomic E-state index is 5.77. The van der Waals surface area contributed by atoms with Crippen LogP contribution in [-0.4, -0.2) is 34.9 Å². The van der Waals surface area contributed by atoms with Crippen molar-refractivity contribution in [1.82, 2.24) is 9.88 Å². The molecule has 0 aliphatic carbocycles. The Morgan fingerprint density at radius 2 is 2.47 bits per heavy atom. The molecule has 3 nitrogen and oxygen atoms in total. The second kappa shape index (κ2) is 6.35. The summed E-state index contributed by atoms with van der Waals surface area (Å²) in [5, 5.41) is 1.04. The first kappa shape index (κ1) is 12.8. The molecule has 0 fully saturated rings. The van der Waals surface area contributed by atoms with Gasteiger partial charge in [0.15, 0.2) is 9.63 Å². The second-order valence-corrected chi connectivity index (χ2v) is 5.37. The fourth-order valence-electron chi connectivity index (χ4n) is 1.13. The molecular formula is C9H14ClN3S2. The number of halogens is 1. The van der Waals surface area contributed by atoms with E-state index in [4.69, 9.17) is 11.6 Å². The van der Waals surface area contributed by atoms with Crippen LogP contribution in [0.1, 0.15) is 11.8 Å². The van der Waals surface area contributed by atoms with Crippen molar-refractivity contribution in [3.63, 3.8) is 0 Å². The largest absolute Gasteiger partial charge is 0.349 e. The number of nitrogens with zero attached hydrogens (tertiary/aromatic N) is 3. The SMILES string of the molecule is CCN=C(SC)N(C)Cc1cnc(Cl)s1. The molecule has 0 aliphatic heterocycles. The molecule has 0 N–H and O–H groups in total. The third-order valence-electron chi connectivity index (χ3n) is 1.72. The Morgan fingerprint density at radius 3 is 2.93 bits per heavy atom. The Kier molecular flexibility index (Phi) is 5.42. The Hall–Kier alpha value is -0.260. The van der Waals surface area contributed by atoms with Gasteiger partial charge in [0.1, 0.15) is 0 Å². The van der Waals surface area contributed by atoms with Crippen molar-refractivity contribution in [3.8, 4) is 0 Å². The minimum atomic E-state index is 0.594. The van der Waals surface area contributed by atoms with Crippen molar-refractivity contribution in [1.29, 1.82) is 0 Å². The van der Waals surface area contributed by atoms with E-state index in [0.717, 1.165) is 23.1 Å². The van der Waals surface area contributed by atoms with Gasteiger partial charge in [0.05, 0.1) is 6.54 Å². The summed E-state index contributed by atoms with van der Waals surface area (Å²) in [5.41, 5.74) is 0. The Bertz CT molecular complexity index is 338. The molecule has 1 heterocycles. The molecule has 15 heavy (non-hydrogen) atoms. The van der Waals surface area contributed by atoms with Gasteiger partial charge in [-0.05, 0) is 13.2 Å². The van der Waals surface area contributed by atoms with E-state index in [9.17, 15) is 0 Å². The van der Waals surface area contributed by atoms with Gasteiger partial charge in [-0.1, -0.05) is 23.4 Å². The molecule has 0 saturated carbocycles. The monoisotopic (exact) mass is 263 g/mol. The van der Waals surface area contributed by atoms with Crippen LogP contribution < -0.4 is 0 Å². The highest BCUT2D eigenvalue weighted by Gasteiger charge is 2.07. The summed E-state index contributed by atoms with van der Waals surface area (Å²) in [7, 11) is 2.03. The normalized spacial score (nSPS) is 11.9. The number of thioether (sulfide) groups is 1. The molecule has 84 valence electrons. The summed E-state index contributed by atoms with van der Waals surface area (Å²) in [6.07, 6.45) is 3.85. The minimum Gasteiger partial charge on any atom is -0.349 e. The zero-order chi connectivity index (χ0) is 11.3. The molecule has 6 heteroatoms. The van der Waals surface area contributed by atoms with Gasteiger partial charge in [0.2, 0.25) is 0 Å². The summed E-state index contributed by atoms with van der Waals surface area (Å²) in [4.78, 5) is 11.7. The molecule has 0 bridgehead atoms. The fourth-order valence-corrected chi connectivity index (χ4v) is 2.80. The van der Waals surface area contributed by atoms with E-state index in [-0.39, 0.29) is 0 Å². The quantitative estimate of drug-likeness (QED) is 0.620. The van der Waals surface area contributed by atoms with Crippen molar-refractivity contribution < 1.29 is 0 Å². The summed E-state index contributed by atoms with van der Waals surface area (Å²) < 4.78 is 0.594. The number of rotatable bonds is 3. The van der Waals surface area contributed by atoms with Crippen molar-refractivity contribution in [3.05, 3.63) is 15.5 Å². The molecule has 0 atom stereocenters. The average Bonchev–Trinajstić information content (AvgIpc) is 2.60. The molecule has 1 aromatic rings. The maximum Gasteiger partial charge on any atom is 0.183 e. The Morgan fingerprint density at radius 1 is 1.73 bits per heavy atom. The van der Waals surface area contributed by atoms with Gasteiger partial charge in [-0.3, -0.25) is 4.99 Å². The predicted octanol–water partition coefficient (Wildman–Crippen LogP) is 2.97. The number of aromatic nitrogens is 1. The van der Waals surface area contributed by atoms with Gasteiger partial charge in [0.25, 0.3) is 0 Å². The maximum atomic E-state index is 5.77. The van der Waals surface area contributed by atoms with E-state index < -0.39 is 0 Å². The van der Waals surface area contributed by atoms with Crippen molar-refractivity contribution in [2.24, 2.45) is 4.99 Å². The van der Waals surface area contributed by atoms with Crippen LogP contribution in [0.4, 0.5) is 0 Å². The number of thiazole rings is 1. The van der Waals surface area contributed by atoms with Crippen LogP contribution >= 0.6 is 34.7 Å². The van der Waals surface area contributed by atoms with E-state index in [1.165, 1.54) is 11.3 Å². The lowest BCUT2D eigenvalue weighted by molar-refractivity contribution is 0.514. The lowest BCUT2D eigenvalue weighted by atomic mass is 10.5. The first-order valence-corrected chi connectivity index (χ1v) is 6.99. The van der Waals surface area contributed by atoms with Crippen molar-refractivity contribution in [2.75, 3.05) is 19.8 Å². The zero-order valence-electron chi connectivity index (χ0n) is 9.03. The molecule has 0 amide bonds. The van der Waals surface area contributed by atoms with Crippen LogP contribution in [0.25, 0.3) is 0 Å². The third-order valence-corrected chi connectivity index (χ3v) is 3.63. The molecular weight excluding hydrogens is 250 g/mol. The number of amidine groups is 1. The molecule has 1 aromatic heterocycles. The summed E-state index contributed by atoms with van der Waals surface area (Å²) >= 11 is 8.94. The summed E-state index contributed by atoms with van der Waals surface area (Å²) in [6, 6.07) is 0. The number of hydrogen-bond donors (Lipinski definition) is 0. The zero-order valence-corrected chi connectivity index (χ0v) is 11.4. The van der Waals surface area contributed by atoms with Crippen LogP contribution in [0.5, 0.6) is 0 Å². The fraction of sp³-hybridized carbons (Fsp3) is 0.556. The van der Waals surface area contributed by atoms with E-state index in [1.54, 1.807) is 11.8 Å². The van der Waals surface area contributed by atoms with E-state index in [0.29, 0.717) is 4.47 Å². The third kappa shape index (κ3) is 4.01. The predicted molar refractivity (Wildman–Crippen MR) is 70.1 cm³/mol. The highest BCUT2D eigenvalue weighted by atomic mass is 35.5. The van der Waals surface area contributed by atoms with Crippen LogP contribution in [0.2, 0.25) is 4.47 Å². The minimum absolute atomic E-state index is 0.594. The van der Waals surface area contributed by atoms with Crippen molar-refractivity contribution >= 4 is 39.9 Å². The van der Waals surface area contributed by atoms with Gasteiger partial charge >= 0.3 is 0 Å². The molecule has 0 saturated heterocycles. The lowest BCUT2D eigenvalue weighted by Gasteiger charge is -2.18. The molecule has 0 aliphatic rings. The van der Waals surface area contributed by atoms with E-state index in [2.05, 4.69) is 14.9 Å². The molecule has 1 rings (SSSR count). The van der Waals surface area contributed by atoms with Gasteiger partial charge < -0.3 is 4.90 Å². The van der Waals surface area contributed by atoms with E-state index >= 15 is 0 Å². The topological polar surface area (TPSA) is 28.5 Å². The van der Waals surface area contributed by atoms with Crippen LogP contribution in [0, 0.1) is 0 Å². The first-order chi connectivity index (χ1) is 7.17. The Balaban J connectivity index is 2.61. The second-order valence-electron chi connectivity index (χ2n) is 2.90. The van der Waals surface area contributed by atoms with Crippen LogP contribution in [0.15, 0.2) is 11.2 Å². The van der Waals surface area contributed by atoms with E-state index in [1.807, 2.05) is 26.4 Å². The molecule has 0 aromatic carbocycles. The van der Waals surface area contributed by atoms with Gasteiger partial charge in [-0.2, -0.15) is 0 Å². The molecule has 0 radical (unpaired) electrons. The number of aliphatic imine (C=N–C) groups is 1. The highest BCUT2D eigenvalue weighted by Crippen LogP contribution is 2.19. The number of hydrogen-bond acceptors (Lipinski definition) is 4. The van der Waals surface area contributed by atoms with Crippen LogP contribution in [0.3, 0.4) is 0 Å². The van der Waals surface area contributed by atoms with Gasteiger partial charge in [-0.15, -0.1) is 11.3 Å². The summed E-state index contributed by atoms with van der Waals surface area (Å²) in [6.45, 7) is 3.65. The first-order valence-electron chi connectivity index (χ1n) is 4.57. The smallest absolute Gasteiger partial charge is 0.183 e.